The summed E-state index contributed by atoms with van der Waals surface area (Å²) in [5.41, 5.74) is 1.63. The van der Waals surface area contributed by atoms with E-state index >= 15 is 0 Å². The molecule has 1 aliphatic carbocycles. The molecule has 1 aromatic carbocycles. The fraction of sp³-hybridized carbons (Fsp3) is 0.500. The van der Waals surface area contributed by atoms with Crippen molar-refractivity contribution in [3.63, 3.8) is 0 Å². The van der Waals surface area contributed by atoms with Gasteiger partial charge in [0.1, 0.15) is 5.75 Å². The molecule has 0 atom stereocenters. The van der Waals surface area contributed by atoms with Gasteiger partial charge in [-0.2, -0.15) is 0 Å². The van der Waals surface area contributed by atoms with Gasteiger partial charge in [0.15, 0.2) is 64.1 Å². The van der Waals surface area contributed by atoms with Crippen molar-refractivity contribution in [2.45, 2.75) is 38.0 Å². The predicted octanol–water partition coefficient (Wildman–Crippen LogP) is 4.77. The third-order valence-corrected chi connectivity index (χ3v) is 4.97. The summed E-state index contributed by atoms with van der Waals surface area (Å²) >= 11 is 3.73. The van der Waals surface area contributed by atoms with Gasteiger partial charge in [0.2, 0.25) is 5.78 Å². The van der Waals surface area contributed by atoms with Crippen LogP contribution in [0.4, 0.5) is 0 Å². The molecule has 0 N–H and O–H groups in total. The van der Waals surface area contributed by atoms with Crippen LogP contribution in [-0.2, 0) is 0 Å². The minimum absolute atomic E-state index is 0.0143. The molecule has 4 nitrogen and oxygen atoms in total. The minimum atomic E-state index is -0.0143. The molecular formula is C14H14I2O4. The van der Waals surface area contributed by atoms with Gasteiger partial charge in [-0.1, -0.05) is 19.3 Å². The lowest BCUT2D eigenvalue weighted by atomic mass is 9.82. The molecule has 1 fully saturated rings. The fourth-order valence-corrected chi connectivity index (χ4v) is 3.92. The molecule has 0 unspecified atom stereocenters. The summed E-state index contributed by atoms with van der Waals surface area (Å²) in [4.78, 5) is 11.8. The normalized spacial score (nSPS) is 18.6. The molecule has 0 radical (unpaired) electrons. The fourth-order valence-electron chi connectivity index (χ4n) is 3.12. The van der Waals surface area contributed by atoms with Crippen molar-refractivity contribution in [2.75, 3.05) is 6.61 Å². The molecule has 0 aromatic heterocycles. The minimum Gasteiger partial charge on any atom is -0.481 e. The number of halogens is 2. The summed E-state index contributed by atoms with van der Waals surface area (Å²) in [5.74, 6) is 2.40. The Hall–Kier alpha value is -0.250. The van der Waals surface area contributed by atoms with Crippen molar-refractivity contribution in [2.24, 2.45) is 0 Å². The Morgan fingerprint density at radius 2 is 1.90 bits per heavy atom. The molecule has 108 valence electrons. The van der Waals surface area contributed by atoms with E-state index in [-0.39, 0.29) is 12.4 Å². The summed E-state index contributed by atoms with van der Waals surface area (Å²) in [6.07, 6.45) is 6.00. The number of rotatable bonds is 3. The summed E-state index contributed by atoms with van der Waals surface area (Å²) in [6.45, 7) is 0.0944. The molecule has 6 heteroatoms. The Bertz CT molecular complexity index is 538. The van der Waals surface area contributed by atoms with Gasteiger partial charge in [0.05, 0.1) is 5.56 Å². The second kappa shape index (κ2) is 6.25. The third kappa shape index (κ3) is 2.49. The van der Waals surface area contributed by atoms with E-state index in [2.05, 4.69) is 0 Å². The second-order valence-electron chi connectivity index (χ2n) is 5.20. The van der Waals surface area contributed by atoms with Gasteiger partial charge < -0.3 is 10.9 Å². The zero-order valence-electron chi connectivity index (χ0n) is 10.8. The van der Waals surface area contributed by atoms with Gasteiger partial charge in [-0.3, -0.25) is 4.79 Å². The van der Waals surface area contributed by atoms with E-state index in [1.165, 1.54) is 19.3 Å². The van der Waals surface area contributed by atoms with Gasteiger partial charge in [-0.15, -0.1) is 0 Å². The Labute approximate surface area is 145 Å². The lowest BCUT2D eigenvalue weighted by Crippen LogP contribution is -2.07. The van der Waals surface area contributed by atoms with Gasteiger partial charge >= 0.3 is 0 Å². The van der Waals surface area contributed by atoms with Crippen LogP contribution in [-0.4, -0.2) is 12.4 Å². The molecule has 0 amide bonds. The Morgan fingerprint density at radius 3 is 2.55 bits per heavy atom. The molecule has 0 bridgehead atoms. The number of hydrogen-bond donors (Lipinski definition) is 0. The number of carbonyl (C=O) groups excluding carboxylic acids is 1. The van der Waals surface area contributed by atoms with E-state index in [0.29, 0.717) is 23.0 Å². The molecule has 1 saturated carbocycles. The molecule has 0 saturated heterocycles. The Kier molecular flexibility index (Phi) is 4.58. The lowest BCUT2D eigenvalue weighted by molar-refractivity contribution is 0.0961. The van der Waals surface area contributed by atoms with Crippen LogP contribution < -0.4 is 10.9 Å². The first-order valence-corrected chi connectivity index (χ1v) is 8.46. The average Bonchev–Trinajstić information content (AvgIpc) is 2.87. The van der Waals surface area contributed by atoms with E-state index < -0.39 is 0 Å². The summed E-state index contributed by atoms with van der Waals surface area (Å²) in [7, 11) is 0. The third-order valence-electron chi connectivity index (χ3n) is 4.06. The summed E-state index contributed by atoms with van der Waals surface area (Å²) in [6, 6.07) is 1.81. The van der Waals surface area contributed by atoms with Gasteiger partial charge in [-0.25, -0.2) is 0 Å². The highest BCUT2D eigenvalue weighted by Gasteiger charge is 2.33. The molecule has 2 aliphatic rings. The maximum Gasteiger partial charge on any atom is 0.204 e. The first-order chi connectivity index (χ1) is 9.76. The van der Waals surface area contributed by atoms with Crippen molar-refractivity contribution in [3.05, 3.63) is 17.2 Å². The maximum atomic E-state index is 11.8. The van der Waals surface area contributed by atoms with E-state index in [1.807, 2.05) is 46.0 Å². The van der Waals surface area contributed by atoms with Crippen molar-refractivity contribution < 1.29 is 15.7 Å². The van der Waals surface area contributed by atoms with Crippen LogP contribution in [0.3, 0.4) is 0 Å². The standard InChI is InChI=1S/C14H14I2O4/c15-19-11-6-9-10(17)7-18-13(9)14(20-16)12(11)8-4-2-1-3-5-8/h6,8H,1-5,7H2. The van der Waals surface area contributed by atoms with Gasteiger partial charge in [0.25, 0.3) is 0 Å². The summed E-state index contributed by atoms with van der Waals surface area (Å²) in [5, 5.41) is 0. The largest absolute Gasteiger partial charge is 0.481 e. The average molecular weight is 500 g/mol. The van der Waals surface area contributed by atoms with Crippen LogP contribution in [0, 0.1) is 0 Å². The zero-order valence-corrected chi connectivity index (χ0v) is 15.1. The van der Waals surface area contributed by atoms with E-state index in [1.54, 1.807) is 6.07 Å². The highest BCUT2D eigenvalue weighted by Crippen LogP contribution is 2.51. The van der Waals surface area contributed by atoms with Crippen LogP contribution in [0.25, 0.3) is 0 Å². The maximum absolute atomic E-state index is 11.8. The number of hydrogen-bond acceptors (Lipinski definition) is 4. The Morgan fingerprint density at radius 1 is 1.15 bits per heavy atom. The highest BCUT2D eigenvalue weighted by atomic mass is 127. The van der Waals surface area contributed by atoms with Crippen molar-refractivity contribution >= 4 is 51.8 Å². The number of Topliss-reactive ketones (excluding diaryl/α,β-unsaturated/α-hetero) is 1. The van der Waals surface area contributed by atoms with Crippen molar-refractivity contribution in [3.8, 4) is 17.2 Å². The molecule has 20 heavy (non-hydrogen) atoms. The first-order valence-electron chi connectivity index (χ1n) is 6.70. The predicted molar refractivity (Wildman–Crippen MR) is 91.4 cm³/mol. The van der Waals surface area contributed by atoms with Gasteiger partial charge in [0, 0.05) is 5.56 Å². The van der Waals surface area contributed by atoms with Crippen LogP contribution in [0.2, 0.25) is 0 Å². The molecule has 3 rings (SSSR count). The van der Waals surface area contributed by atoms with Crippen LogP contribution in [0.5, 0.6) is 17.2 Å². The SMILES string of the molecule is O=C1COc2c1cc(OI)c(C1CCCCC1)c2OI. The molecule has 1 heterocycles. The second-order valence-corrected chi connectivity index (χ2v) is 6.08. The van der Waals surface area contributed by atoms with E-state index in [0.717, 1.165) is 24.2 Å². The van der Waals surface area contributed by atoms with Gasteiger partial charge in [-0.05, 0) is 24.8 Å². The zero-order chi connectivity index (χ0) is 14.1. The molecule has 1 aromatic rings. The first kappa shape index (κ1) is 14.7. The van der Waals surface area contributed by atoms with Crippen LogP contribution in [0.1, 0.15) is 53.9 Å². The molecular weight excluding hydrogens is 486 g/mol. The number of carbonyl (C=O) groups is 1. The topological polar surface area (TPSA) is 44.8 Å². The van der Waals surface area contributed by atoms with E-state index in [4.69, 9.17) is 10.9 Å². The molecule has 0 spiro atoms. The Balaban J connectivity index is 2.14. The number of fused-ring (bicyclic) bond motifs is 1. The van der Waals surface area contributed by atoms with E-state index in [9.17, 15) is 4.79 Å². The monoisotopic (exact) mass is 500 g/mol. The van der Waals surface area contributed by atoms with Crippen LogP contribution in [0.15, 0.2) is 6.07 Å². The van der Waals surface area contributed by atoms with Crippen molar-refractivity contribution in [1.29, 1.82) is 0 Å². The summed E-state index contributed by atoms with van der Waals surface area (Å²) < 4.78 is 16.6. The highest BCUT2D eigenvalue weighted by molar-refractivity contribution is 14.1. The molecule has 1 aliphatic heterocycles. The van der Waals surface area contributed by atoms with Crippen molar-refractivity contribution in [1.82, 2.24) is 0 Å². The van der Waals surface area contributed by atoms with Crippen LogP contribution >= 0.6 is 46.0 Å². The number of ether oxygens (including phenoxy) is 1. The lowest BCUT2D eigenvalue weighted by Gasteiger charge is -2.25. The number of benzene rings is 1. The smallest absolute Gasteiger partial charge is 0.204 e. The quantitative estimate of drug-likeness (QED) is 0.562. The number of ketones is 1.